The van der Waals surface area contributed by atoms with Crippen molar-refractivity contribution in [2.24, 2.45) is 11.3 Å². The van der Waals surface area contributed by atoms with Crippen LogP contribution in [-0.4, -0.2) is 54.5 Å². The number of carboxylic acids is 1. The second-order valence-electron chi connectivity index (χ2n) is 6.80. The third kappa shape index (κ3) is 4.33. The van der Waals surface area contributed by atoms with E-state index in [4.69, 9.17) is 9.47 Å². The first-order valence-electron chi connectivity index (χ1n) is 7.32. The van der Waals surface area contributed by atoms with E-state index in [0.717, 1.165) is 0 Å². The molecule has 1 rings (SSSR count). The van der Waals surface area contributed by atoms with E-state index in [1.807, 2.05) is 6.92 Å². The van der Waals surface area contributed by atoms with Gasteiger partial charge in [-0.1, -0.05) is 6.92 Å². The van der Waals surface area contributed by atoms with Gasteiger partial charge in [0.15, 0.2) is 0 Å². The summed E-state index contributed by atoms with van der Waals surface area (Å²) < 4.78 is 10.4. The van der Waals surface area contributed by atoms with Crippen molar-refractivity contribution in [2.75, 3.05) is 26.8 Å². The Balaban J connectivity index is 2.78. The molecule has 1 heterocycles. The van der Waals surface area contributed by atoms with Crippen molar-refractivity contribution in [2.45, 2.75) is 46.1 Å². The lowest BCUT2D eigenvalue weighted by atomic mass is 9.74. The number of amides is 1. The van der Waals surface area contributed by atoms with Crippen LogP contribution in [0.15, 0.2) is 0 Å². The molecule has 0 aromatic heterocycles. The van der Waals surface area contributed by atoms with Crippen LogP contribution in [0.2, 0.25) is 0 Å². The molecule has 6 nitrogen and oxygen atoms in total. The Morgan fingerprint density at radius 2 is 2.00 bits per heavy atom. The van der Waals surface area contributed by atoms with Gasteiger partial charge in [-0.3, -0.25) is 4.79 Å². The van der Waals surface area contributed by atoms with Crippen LogP contribution in [-0.2, 0) is 14.3 Å². The lowest BCUT2D eigenvalue weighted by molar-refractivity contribution is -0.151. The SMILES string of the molecule is COCCC(C)C1(C(=O)O)CCN(C(=O)OC(C)(C)C)C1. The molecule has 0 aliphatic carbocycles. The Labute approximate surface area is 126 Å². The van der Waals surface area contributed by atoms with Crippen molar-refractivity contribution in [3.8, 4) is 0 Å². The third-order valence-electron chi connectivity index (χ3n) is 4.08. The third-order valence-corrected chi connectivity index (χ3v) is 4.08. The molecule has 1 N–H and O–H groups in total. The molecular formula is C15H27NO5. The quantitative estimate of drug-likeness (QED) is 0.843. The monoisotopic (exact) mass is 301 g/mol. The summed E-state index contributed by atoms with van der Waals surface area (Å²) in [6, 6.07) is 0. The van der Waals surface area contributed by atoms with Crippen LogP contribution in [0.4, 0.5) is 4.79 Å². The zero-order chi connectivity index (χ0) is 16.3. The number of carboxylic acid groups (broad SMARTS) is 1. The van der Waals surface area contributed by atoms with E-state index >= 15 is 0 Å². The van der Waals surface area contributed by atoms with Crippen LogP contribution < -0.4 is 0 Å². The number of carbonyl (C=O) groups is 2. The molecule has 0 spiro atoms. The van der Waals surface area contributed by atoms with Crippen LogP contribution in [0.5, 0.6) is 0 Å². The highest BCUT2D eigenvalue weighted by Crippen LogP contribution is 2.40. The molecule has 2 atom stereocenters. The van der Waals surface area contributed by atoms with Crippen molar-refractivity contribution in [1.29, 1.82) is 0 Å². The fourth-order valence-electron chi connectivity index (χ4n) is 2.67. The first kappa shape index (κ1) is 17.8. The van der Waals surface area contributed by atoms with E-state index in [1.54, 1.807) is 27.9 Å². The summed E-state index contributed by atoms with van der Waals surface area (Å²) in [5, 5.41) is 9.65. The van der Waals surface area contributed by atoms with Crippen molar-refractivity contribution in [3.63, 3.8) is 0 Å². The van der Waals surface area contributed by atoms with Gasteiger partial charge >= 0.3 is 12.1 Å². The van der Waals surface area contributed by atoms with Crippen molar-refractivity contribution >= 4 is 12.1 Å². The molecule has 0 aromatic carbocycles. The largest absolute Gasteiger partial charge is 0.481 e. The summed E-state index contributed by atoms with van der Waals surface area (Å²) in [5.41, 5.74) is -1.48. The zero-order valence-corrected chi connectivity index (χ0v) is 13.6. The Morgan fingerprint density at radius 3 is 2.48 bits per heavy atom. The topological polar surface area (TPSA) is 76.1 Å². The molecule has 1 aliphatic heterocycles. The summed E-state index contributed by atoms with van der Waals surface area (Å²) in [4.78, 5) is 25.4. The fourth-order valence-corrected chi connectivity index (χ4v) is 2.67. The molecule has 2 unspecified atom stereocenters. The van der Waals surface area contributed by atoms with E-state index in [9.17, 15) is 14.7 Å². The van der Waals surface area contributed by atoms with Gasteiger partial charge < -0.3 is 19.5 Å². The second-order valence-corrected chi connectivity index (χ2v) is 6.80. The second kappa shape index (κ2) is 6.64. The van der Waals surface area contributed by atoms with Crippen LogP contribution in [0, 0.1) is 11.3 Å². The number of aliphatic carboxylic acids is 1. The zero-order valence-electron chi connectivity index (χ0n) is 13.6. The molecule has 0 aromatic rings. The predicted octanol–water partition coefficient (Wildman–Crippen LogP) is 2.37. The molecule has 1 saturated heterocycles. The lowest BCUT2D eigenvalue weighted by Crippen LogP contribution is -2.43. The standard InChI is InChI=1S/C15H27NO5/c1-11(6-9-20-5)15(12(17)18)7-8-16(10-15)13(19)21-14(2,3)4/h11H,6-10H2,1-5H3,(H,17,18). The number of likely N-dealkylation sites (tertiary alicyclic amines) is 1. The Bertz CT molecular complexity index is 390. The Hall–Kier alpha value is -1.30. The van der Waals surface area contributed by atoms with Gasteiger partial charge in [-0.2, -0.15) is 0 Å². The molecule has 21 heavy (non-hydrogen) atoms. The molecule has 1 amide bonds. The molecule has 1 aliphatic rings. The summed E-state index contributed by atoms with van der Waals surface area (Å²) in [5.74, 6) is -0.917. The maximum absolute atomic E-state index is 12.1. The van der Waals surface area contributed by atoms with Gasteiger partial charge in [-0.05, 0) is 39.5 Å². The van der Waals surface area contributed by atoms with Gasteiger partial charge in [0.25, 0.3) is 0 Å². The van der Waals surface area contributed by atoms with E-state index < -0.39 is 23.1 Å². The summed E-state index contributed by atoms with van der Waals surface area (Å²) >= 11 is 0. The molecular weight excluding hydrogens is 274 g/mol. The highest BCUT2D eigenvalue weighted by Gasteiger charge is 2.50. The summed E-state index contributed by atoms with van der Waals surface area (Å²) in [6.07, 6.45) is 0.668. The van der Waals surface area contributed by atoms with Gasteiger partial charge in [-0.15, -0.1) is 0 Å². The number of hydrogen-bond acceptors (Lipinski definition) is 4. The van der Waals surface area contributed by atoms with Crippen molar-refractivity contribution < 1.29 is 24.2 Å². The average molecular weight is 301 g/mol. The summed E-state index contributed by atoms with van der Waals surface area (Å²) in [7, 11) is 1.60. The van der Waals surface area contributed by atoms with Crippen LogP contribution in [0.25, 0.3) is 0 Å². The van der Waals surface area contributed by atoms with E-state index in [0.29, 0.717) is 26.0 Å². The number of hydrogen-bond donors (Lipinski definition) is 1. The maximum Gasteiger partial charge on any atom is 0.410 e. The number of rotatable bonds is 5. The highest BCUT2D eigenvalue weighted by atomic mass is 16.6. The molecule has 0 saturated carbocycles. The number of carbonyl (C=O) groups excluding carboxylic acids is 1. The molecule has 122 valence electrons. The highest BCUT2D eigenvalue weighted by molar-refractivity contribution is 5.78. The smallest absolute Gasteiger partial charge is 0.410 e. The first-order valence-corrected chi connectivity index (χ1v) is 7.32. The minimum absolute atomic E-state index is 0.0672. The van der Waals surface area contributed by atoms with E-state index in [2.05, 4.69) is 0 Å². The number of methoxy groups -OCH3 is 1. The summed E-state index contributed by atoms with van der Waals surface area (Å²) in [6.45, 7) is 8.43. The average Bonchev–Trinajstić information content (AvgIpc) is 2.80. The van der Waals surface area contributed by atoms with Crippen LogP contribution in [0.1, 0.15) is 40.5 Å². The normalized spacial score (nSPS) is 24.0. The molecule has 1 fully saturated rings. The Kier molecular flexibility index (Phi) is 5.61. The van der Waals surface area contributed by atoms with Crippen LogP contribution >= 0.6 is 0 Å². The van der Waals surface area contributed by atoms with Gasteiger partial charge in [0.1, 0.15) is 5.60 Å². The lowest BCUT2D eigenvalue weighted by Gasteiger charge is -2.31. The van der Waals surface area contributed by atoms with Gasteiger partial charge in [-0.25, -0.2) is 4.79 Å². The fraction of sp³-hybridized carbons (Fsp3) is 0.867. The minimum atomic E-state index is -0.907. The van der Waals surface area contributed by atoms with Crippen LogP contribution in [0.3, 0.4) is 0 Å². The molecule has 6 heteroatoms. The maximum atomic E-state index is 12.1. The predicted molar refractivity (Wildman–Crippen MR) is 78.1 cm³/mol. The van der Waals surface area contributed by atoms with Gasteiger partial charge in [0.2, 0.25) is 0 Å². The first-order chi connectivity index (χ1) is 9.62. The molecule has 0 bridgehead atoms. The van der Waals surface area contributed by atoms with Gasteiger partial charge in [0, 0.05) is 26.8 Å². The number of nitrogens with zero attached hydrogens (tertiary/aromatic N) is 1. The Morgan fingerprint density at radius 1 is 1.38 bits per heavy atom. The van der Waals surface area contributed by atoms with Crippen molar-refractivity contribution in [1.82, 2.24) is 4.90 Å². The van der Waals surface area contributed by atoms with E-state index in [1.165, 1.54) is 4.90 Å². The van der Waals surface area contributed by atoms with Gasteiger partial charge in [0.05, 0.1) is 5.41 Å². The minimum Gasteiger partial charge on any atom is -0.481 e. The van der Waals surface area contributed by atoms with Crippen molar-refractivity contribution in [3.05, 3.63) is 0 Å². The van der Waals surface area contributed by atoms with E-state index in [-0.39, 0.29) is 12.5 Å². The number of ether oxygens (including phenoxy) is 2. The molecule has 0 radical (unpaired) electrons.